The van der Waals surface area contributed by atoms with E-state index in [1.165, 1.54) is 0 Å². The van der Waals surface area contributed by atoms with Crippen molar-refractivity contribution < 1.29 is 9.59 Å². The number of anilines is 1. The smallest absolute Gasteiger partial charge is 0.314 e. The summed E-state index contributed by atoms with van der Waals surface area (Å²) in [5.74, 6) is 0.357. The highest BCUT2D eigenvalue weighted by Crippen LogP contribution is 2.23. The number of hydrogen-bond acceptors (Lipinski definition) is 2. The van der Waals surface area contributed by atoms with Crippen LogP contribution in [0.3, 0.4) is 0 Å². The maximum Gasteiger partial charge on any atom is 0.314 e. The minimum atomic E-state index is 0.100. The second-order valence-electron chi connectivity index (χ2n) is 3.55. The van der Waals surface area contributed by atoms with Crippen LogP contribution in [-0.2, 0) is 9.59 Å². The van der Waals surface area contributed by atoms with Crippen molar-refractivity contribution in [3.63, 3.8) is 0 Å². The molecule has 1 aliphatic heterocycles. The minimum Gasteiger partial charge on any atom is -0.355 e. The van der Waals surface area contributed by atoms with Gasteiger partial charge in [-0.25, -0.2) is 0 Å². The molecule has 1 radical (unpaired) electrons. The number of rotatable bonds is 3. The van der Waals surface area contributed by atoms with E-state index in [0.29, 0.717) is 18.7 Å². The van der Waals surface area contributed by atoms with Crippen molar-refractivity contribution in [3.8, 4) is 0 Å². The zero-order valence-corrected chi connectivity index (χ0v) is 8.12. The summed E-state index contributed by atoms with van der Waals surface area (Å²) >= 11 is 0. The van der Waals surface area contributed by atoms with E-state index in [0.717, 1.165) is 5.56 Å². The molecule has 1 heterocycles. The number of carbonyl (C=O) groups excluding carboxylic acids is 2. The molecular weight excluding hydrogens is 192 g/mol. The summed E-state index contributed by atoms with van der Waals surface area (Å²) in [5.41, 5.74) is 1.83. The van der Waals surface area contributed by atoms with Crippen LogP contribution in [-0.4, -0.2) is 18.9 Å². The lowest BCUT2D eigenvalue weighted by atomic mass is 9.98. The highest BCUT2D eigenvalue weighted by molar-refractivity contribution is 5.79. The molecule has 2 N–H and O–H groups in total. The molecule has 1 aliphatic rings. The molecule has 1 aromatic carbocycles. The number of nitrogens with one attached hydrogen (secondary N) is 2. The fourth-order valence-electron chi connectivity index (χ4n) is 1.74. The summed E-state index contributed by atoms with van der Waals surface area (Å²) in [6, 6.07) is 7.46. The second kappa shape index (κ2) is 4.13. The third kappa shape index (κ3) is 2.15. The Hall–Kier alpha value is -1.84. The Labute approximate surface area is 87.7 Å². The van der Waals surface area contributed by atoms with Crippen molar-refractivity contribution in [2.75, 3.05) is 11.9 Å². The van der Waals surface area contributed by atoms with Gasteiger partial charge in [-0.3, -0.25) is 9.59 Å². The van der Waals surface area contributed by atoms with Crippen LogP contribution < -0.4 is 10.6 Å². The fourth-order valence-corrected chi connectivity index (χ4v) is 1.74. The van der Waals surface area contributed by atoms with Crippen LogP contribution in [0.15, 0.2) is 24.3 Å². The van der Waals surface area contributed by atoms with Crippen LogP contribution >= 0.6 is 0 Å². The summed E-state index contributed by atoms with van der Waals surface area (Å²) in [4.78, 5) is 21.1. The van der Waals surface area contributed by atoms with E-state index >= 15 is 0 Å². The zero-order valence-electron chi connectivity index (χ0n) is 8.12. The Bertz CT molecular complexity index is 373. The van der Waals surface area contributed by atoms with Crippen molar-refractivity contribution >= 4 is 18.0 Å². The average molecular weight is 203 g/mol. The molecule has 4 heteroatoms. The molecule has 1 unspecified atom stereocenters. The molecule has 77 valence electrons. The molecule has 4 nitrogen and oxygen atoms in total. The molecule has 2 amide bonds. The summed E-state index contributed by atoms with van der Waals surface area (Å²) in [6.07, 6.45) is 2.16. The number of benzene rings is 1. The minimum absolute atomic E-state index is 0.100. The van der Waals surface area contributed by atoms with Crippen LogP contribution in [0.4, 0.5) is 5.69 Å². The van der Waals surface area contributed by atoms with E-state index in [1.807, 2.05) is 24.3 Å². The summed E-state index contributed by atoms with van der Waals surface area (Å²) in [7, 11) is 0. The number of carbonyl (C=O) groups is 1. The molecule has 0 aromatic heterocycles. The van der Waals surface area contributed by atoms with Crippen molar-refractivity contribution in [1.82, 2.24) is 5.32 Å². The van der Waals surface area contributed by atoms with Gasteiger partial charge in [0.2, 0.25) is 5.91 Å². The molecule has 2 rings (SSSR count). The first-order valence-electron chi connectivity index (χ1n) is 4.79. The van der Waals surface area contributed by atoms with Gasteiger partial charge < -0.3 is 10.6 Å². The highest BCUT2D eigenvalue weighted by Gasteiger charge is 2.22. The van der Waals surface area contributed by atoms with E-state index in [1.54, 1.807) is 6.41 Å². The standard InChI is InChI=1S/C11H11N2O2/c14-7-13-10-3-1-8(2-4-10)9-5-11(15)12-6-9/h1-4,9H,5-6H2,(H,12,15)(H,13,14). The van der Waals surface area contributed by atoms with Crippen LogP contribution in [0.5, 0.6) is 0 Å². The summed E-state index contributed by atoms with van der Waals surface area (Å²) < 4.78 is 0. The summed E-state index contributed by atoms with van der Waals surface area (Å²) in [5, 5.41) is 5.24. The Kier molecular flexibility index (Phi) is 2.67. The summed E-state index contributed by atoms with van der Waals surface area (Å²) in [6.45, 7) is 0.700. The van der Waals surface area contributed by atoms with Crippen LogP contribution in [0, 0.1) is 0 Å². The second-order valence-corrected chi connectivity index (χ2v) is 3.55. The Morgan fingerprint density at radius 2 is 2.07 bits per heavy atom. The molecule has 1 atom stereocenters. The normalized spacial score (nSPS) is 19.7. The zero-order chi connectivity index (χ0) is 10.7. The topological polar surface area (TPSA) is 58.2 Å². The van der Waals surface area contributed by atoms with Crippen LogP contribution in [0.25, 0.3) is 0 Å². The van der Waals surface area contributed by atoms with Crippen molar-refractivity contribution in [2.24, 2.45) is 0 Å². The van der Waals surface area contributed by atoms with E-state index in [2.05, 4.69) is 10.6 Å². The first-order chi connectivity index (χ1) is 7.29. The molecule has 1 aromatic rings. The van der Waals surface area contributed by atoms with E-state index in [4.69, 9.17) is 0 Å². The first-order valence-corrected chi connectivity index (χ1v) is 4.79. The monoisotopic (exact) mass is 203 g/mol. The molecule has 0 bridgehead atoms. The Morgan fingerprint density at radius 1 is 1.33 bits per heavy atom. The third-order valence-electron chi connectivity index (χ3n) is 2.55. The molecule has 0 aliphatic carbocycles. The highest BCUT2D eigenvalue weighted by atomic mass is 16.1. The van der Waals surface area contributed by atoms with Crippen molar-refractivity contribution in [3.05, 3.63) is 29.8 Å². The third-order valence-corrected chi connectivity index (χ3v) is 2.55. The van der Waals surface area contributed by atoms with Crippen LogP contribution in [0.1, 0.15) is 17.9 Å². The molecule has 1 fully saturated rings. The van der Waals surface area contributed by atoms with Gasteiger partial charge in [0.1, 0.15) is 0 Å². The predicted molar refractivity (Wildman–Crippen MR) is 56.1 cm³/mol. The SMILES string of the molecule is O=[C]Nc1ccc(C2CNC(=O)C2)cc1. The van der Waals surface area contributed by atoms with Gasteiger partial charge in [0.15, 0.2) is 0 Å². The number of amides is 2. The predicted octanol–water partition coefficient (Wildman–Crippen LogP) is 0.769. The maximum atomic E-state index is 11.0. The Balaban J connectivity index is 2.09. The quantitative estimate of drug-likeness (QED) is 0.713. The average Bonchev–Trinajstić information content (AvgIpc) is 2.67. The van der Waals surface area contributed by atoms with E-state index in [9.17, 15) is 9.59 Å². The lowest BCUT2D eigenvalue weighted by molar-refractivity contribution is -0.119. The molecule has 0 saturated carbocycles. The van der Waals surface area contributed by atoms with Gasteiger partial charge in [0.05, 0.1) is 0 Å². The lowest BCUT2D eigenvalue weighted by Gasteiger charge is -2.07. The maximum absolute atomic E-state index is 11.0. The molecule has 15 heavy (non-hydrogen) atoms. The van der Waals surface area contributed by atoms with Gasteiger partial charge in [0, 0.05) is 24.6 Å². The van der Waals surface area contributed by atoms with Crippen molar-refractivity contribution in [2.45, 2.75) is 12.3 Å². The van der Waals surface area contributed by atoms with Gasteiger partial charge in [-0.05, 0) is 17.7 Å². The number of hydrogen-bond donors (Lipinski definition) is 2. The lowest BCUT2D eigenvalue weighted by Crippen LogP contribution is -2.13. The van der Waals surface area contributed by atoms with Gasteiger partial charge in [-0.1, -0.05) is 12.1 Å². The van der Waals surface area contributed by atoms with Crippen molar-refractivity contribution in [1.29, 1.82) is 0 Å². The fraction of sp³-hybridized carbons (Fsp3) is 0.273. The largest absolute Gasteiger partial charge is 0.355 e. The molecule has 1 saturated heterocycles. The van der Waals surface area contributed by atoms with E-state index in [-0.39, 0.29) is 11.8 Å². The van der Waals surface area contributed by atoms with Gasteiger partial charge in [0.25, 0.3) is 0 Å². The van der Waals surface area contributed by atoms with Gasteiger partial charge >= 0.3 is 6.41 Å². The first kappa shape index (κ1) is 9.71. The van der Waals surface area contributed by atoms with Gasteiger partial charge in [-0.2, -0.15) is 0 Å². The molecular formula is C11H11N2O2. The van der Waals surface area contributed by atoms with Gasteiger partial charge in [-0.15, -0.1) is 0 Å². The molecule has 0 spiro atoms. The van der Waals surface area contributed by atoms with Crippen LogP contribution in [0.2, 0.25) is 0 Å². The van der Waals surface area contributed by atoms with E-state index < -0.39 is 0 Å². The Morgan fingerprint density at radius 3 is 2.60 bits per heavy atom.